The van der Waals surface area contributed by atoms with Crippen LogP contribution in [0.15, 0.2) is 18.2 Å². The molecule has 0 aliphatic rings. The van der Waals surface area contributed by atoms with Crippen LogP contribution in [0, 0.1) is 20.5 Å². The van der Waals surface area contributed by atoms with E-state index in [1.54, 1.807) is 0 Å². The Balaban J connectivity index is 2.25. The molecule has 0 radical (unpaired) electrons. The number of non-ortho nitro benzene ring substituents is 1. The highest BCUT2D eigenvalue weighted by molar-refractivity contribution is 5.71. The largest absolute Gasteiger partial charge is 0.739 e. The van der Waals surface area contributed by atoms with Gasteiger partial charge in [-0.3, -0.25) is 15.4 Å². The summed E-state index contributed by atoms with van der Waals surface area (Å²) in [5.41, 5.74) is -0.369. The van der Waals surface area contributed by atoms with Gasteiger partial charge in [0.25, 0.3) is 5.69 Å². The molecule has 0 aliphatic heterocycles. The molecular formula is C13H17N5O4. The van der Waals surface area contributed by atoms with Crippen LogP contribution < -0.4 is 14.9 Å². The molecule has 0 fully saturated rings. The number of hydrogen-bond acceptors (Lipinski definition) is 6. The Morgan fingerprint density at radius 1 is 1.23 bits per heavy atom. The van der Waals surface area contributed by atoms with E-state index in [9.17, 15) is 20.5 Å². The zero-order valence-electron chi connectivity index (χ0n) is 12.2. The minimum Gasteiger partial charge on any atom is -0.739 e. The number of fused-ring (bicyclic) bond motifs is 1. The van der Waals surface area contributed by atoms with Gasteiger partial charge in [-0.1, -0.05) is 26.2 Å². The van der Waals surface area contributed by atoms with E-state index in [0.717, 1.165) is 31.7 Å². The lowest BCUT2D eigenvalue weighted by atomic mass is 10.2. The summed E-state index contributed by atoms with van der Waals surface area (Å²) in [7, 11) is 0. The molecule has 2 rings (SSSR count). The topological polar surface area (TPSA) is 122 Å². The Morgan fingerprint density at radius 2 is 2.00 bits per heavy atom. The highest BCUT2D eigenvalue weighted by Crippen LogP contribution is 2.16. The van der Waals surface area contributed by atoms with Crippen molar-refractivity contribution in [2.75, 3.05) is 11.9 Å². The van der Waals surface area contributed by atoms with Crippen LogP contribution in [0.1, 0.15) is 32.6 Å². The van der Waals surface area contributed by atoms with Crippen molar-refractivity contribution in [2.24, 2.45) is 0 Å². The number of hydrogen-bond donors (Lipinski definition) is 1. The van der Waals surface area contributed by atoms with Crippen LogP contribution in [-0.4, -0.2) is 16.6 Å². The van der Waals surface area contributed by atoms with Crippen LogP contribution in [0.25, 0.3) is 11.0 Å². The van der Waals surface area contributed by atoms with Crippen LogP contribution in [0.4, 0.5) is 11.6 Å². The summed E-state index contributed by atoms with van der Waals surface area (Å²) < 4.78 is 0.479. The monoisotopic (exact) mass is 307 g/mol. The first-order valence-electron chi connectivity index (χ1n) is 7.10. The van der Waals surface area contributed by atoms with Gasteiger partial charge in [-0.2, -0.15) is 0 Å². The van der Waals surface area contributed by atoms with Crippen molar-refractivity contribution >= 4 is 22.7 Å². The van der Waals surface area contributed by atoms with Gasteiger partial charge in [-0.05, 0) is 12.5 Å². The van der Waals surface area contributed by atoms with Gasteiger partial charge >= 0.3 is 11.5 Å². The highest BCUT2D eigenvalue weighted by Gasteiger charge is 2.22. The lowest BCUT2D eigenvalue weighted by molar-refractivity contribution is -0.672. The number of nitro groups is 1. The van der Waals surface area contributed by atoms with E-state index in [4.69, 9.17) is 0 Å². The van der Waals surface area contributed by atoms with E-state index in [1.807, 2.05) is 0 Å². The maximum Gasteiger partial charge on any atom is 0.460 e. The number of unbranched alkanes of at least 4 members (excludes halogenated alkanes) is 3. The summed E-state index contributed by atoms with van der Waals surface area (Å²) >= 11 is 0. The number of nitrogens with one attached hydrogen (secondary N) is 1. The second-order valence-electron chi connectivity index (χ2n) is 4.91. The average Bonchev–Trinajstić information content (AvgIpc) is 2.51. The van der Waals surface area contributed by atoms with Crippen molar-refractivity contribution in [1.29, 1.82) is 0 Å². The average molecular weight is 307 g/mol. The van der Waals surface area contributed by atoms with Gasteiger partial charge in [0.15, 0.2) is 5.52 Å². The molecule has 1 aromatic heterocycles. The Bertz CT molecular complexity index is 692. The van der Waals surface area contributed by atoms with E-state index in [2.05, 4.69) is 17.3 Å². The van der Waals surface area contributed by atoms with Crippen LogP contribution in [0.2, 0.25) is 0 Å². The smallest absolute Gasteiger partial charge is 0.460 e. The number of nitrogens with zero attached hydrogens (tertiary/aromatic N) is 4. The first-order chi connectivity index (χ1) is 10.5. The standard InChI is InChI=1S/C13H17N5O4/c1-2-3-4-5-8-14-13-15-17(20)12-9-10(18(21)22)6-7-11(12)16(13)19/h6-7,9H,2-5,8H2,1H3,(H,14,15). The molecular weight excluding hydrogens is 290 g/mol. The Kier molecular flexibility index (Phi) is 4.87. The summed E-state index contributed by atoms with van der Waals surface area (Å²) in [5.74, 6) is -0.104. The fraction of sp³-hybridized carbons (Fsp3) is 0.462. The molecule has 0 spiro atoms. The first kappa shape index (κ1) is 15.7. The summed E-state index contributed by atoms with van der Waals surface area (Å²) in [6, 6.07) is 3.47. The number of aromatic nitrogens is 3. The van der Waals surface area contributed by atoms with E-state index in [1.165, 1.54) is 12.1 Å². The van der Waals surface area contributed by atoms with Crippen molar-refractivity contribution in [1.82, 2.24) is 5.10 Å². The summed E-state index contributed by atoms with van der Waals surface area (Å²) in [6.07, 6.45) is 4.11. The molecule has 1 N–H and O–H groups in total. The molecule has 118 valence electrons. The van der Waals surface area contributed by atoms with Gasteiger partial charge < -0.3 is 10.4 Å². The Morgan fingerprint density at radius 3 is 2.68 bits per heavy atom. The summed E-state index contributed by atoms with van der Waals surface area (Å²) in [6.45, 7) is 2.64. The molecule has 9 nitrogen and oxygen atoms in total. The molecule has 0 saturated heterocycles. The lowest BCUT2D eigenvalue weighted by Gasteiger charge is -2.09. The molecule has 1 heterocycles. The molecule has 9 heteroatoms. The second-order valence-corrected chi connectivity index (χ2v) is 4.91. The second kappa shape index (κ2) is 6.83. The maximum absolute atomic E-state index is 12.2. The zero-order chi connectivity index (χ0) is 16.1. The number of benzene rings is 1. The predicted molar refractivity (Wildman–Crippen MR) is 78.9 cm³/mol. The SMILES string of the molecule is CCCCCCNc1n[n+]([O-])c2cc([N+](=O)[O-])ccc2[n+]1[O-]. The molecule has 22 heavy (non-hydrogen) atoms. The number of nitro benzene ring substituents is 1. The summed E-state index contributed by atoms with van der Waals surface area (Å²) in [4.78, 5) is 10.3. The van der Waals surface area contributed by atoms with Crippen LogP contribution in [0.3, 0.4) is 0 Å². The van der Waals surface area contributed by atoms with Gasteiger partial charge in [-0.15, -0.1) is 0 Å². The minimum atomic E-state index is -0.630. The van der Waals surface area contributed by atoms with Gasteiger partial charge in [-0.25, -0.2) is 4.73 Å². The molecule has 0 saturated carbocycles. The molecule has 0 unspecified atom stereocenters. The molecule has 0 amide bonds. The minimum absolute atomic E-state index is 0.0339. The van der Waals surface area contributed by atoms with Crippen molar-refractivity contribution in [2.45, 2.75) is 32.6 Å². The van der Waals surface area contributed by atoms with E-state index in [0.29, 0.717) is 11.3 Å². The third-order valence-electron chi connectivity index (χ3n) is 3.29. The highest BCUT2D eigenvalue weighted by atomic mass is 16.6. The first-order valence-corrected chi connectivity index (χ1v) is 7.10. The number of rotatable bonds is 7. The van der Waals surface area contributed by atoms with Crippen LogP contribution in [-0.2, 0) is 0 Å². The van der Waals surface area contributed by atoms with Gasteiger partial charge in [0.2, 0.25) is 5.10 Å². The van der Waals surface area contributed by atoms with Gasteiger partial charge in [0.05, 0.1) is 17.5 Å². The summed E-state index contributed by atoms with van der Waals surface area (Å²) in [5, 5.41) is 41.1. The normalized spacial score (nSPS) is 10.8. The van der Waals surface area contributed by atoms with Crippen molar-refractivity contribution in [3.05, 3.63) is 38.7 Å². The van der Waals surface area contributed by atoms with E-state index >= 15 is 0 Å². The van der Waals surface area contributed by atoms with Crippen molar-refractivity contribution < 1.29 is 14.5 Å². The van der Waals surface area contributed by atoms with E-state index < -0.39 is 4.92 Å². The quantitative estimate of drug-likeness (QED) is 0.271. The van der Waals surface area contributed by atoms with E-state index in [-0.39, 0.29) is 27.5 Å². The van der Waals surface area contributed by atoms with Crippen LogP contribution >= 0.6 is 0 Å². The van der Waals surface area contributed by atoms with Gasteiger partial charge in [0, 0.05) is 10.9 Å². The Labute approximate surface area is 126 Å². The fourth-order valence-electron chi connectivity index (χ4n) is 2.10. The molecule has 1 aromatic carbocycles. The Hall–Kier alpha value is -2.71. The fourth-order valence-corrected chi connectivity index (χ4v) is 2.10. The molecule has 0 atom stereocenters. The maximum atomic E-state index is 12.2. The predicted octanol–water partition coefficient (Wildman–Crippen LogP) is 1.40. The van der Waals surface area contributed by atoms with Gasteiger partial charge in [0.1, 0.15) is 0 Å². The molecule has 0 aliphatic carbocycles. The molecule has 0 bridgehead atoms. The zero-order valence-corrected chi connectivity index (χ0v) is 12.2. The van der Waals surface area contributed by atoms with Crippen molar-refractivity contribution in [3.8, 4) is 0 Å². The lowest BCUT2D eigenvalue weighted by Crippen LogP contribution is -2.44. The third kappa shape index (κ3) is 3.30. The molecule has 2 aromatic rings. The van der Waals surface area contributed by atoms with Crippen LogP contribution in [0.5, 0.6) is 0 Å². The number of anilines is 1. The third-order valence-corrected chi connectivity index (χ3v) is 3.29. The van der Waals surface area contributed by atoms with Crippen molar-refractivity contribution in [3.63, 3.8) is 0 Å².